The smallest absolute Gasteiger partial charge is 0.292 e. The predicted molar refractivity (Wildman–Crippen MR) is 92.3 cm³/mol. The number of amides is 1. The van der Waals surface area contributed by atoms with Crippen molar-refractivity contribution in [2.45, 2.75) is 39.7 Å². The van der Waals surface area contributed by atoms with Crippen molar-refractivity contribution in [3.8, 4) is 6.07 Å². The molecule has 0 aromatic carbocycles. The molecule has 6 nitrogen and oxygen atoms in total. The van der Waals surface area contributed by atoms with Crippen LogP contribution in [0.2, 0.25) is 0 Å². The Bertz CT molecular complexity index is 885. The number of rotatable bonds is 4. The van der Waals surface area contributed by atoms with E-state index >= 15 is 0 Å². The van der Waals surface area contributed by atoms with Crippen molar-refractivity contribution in [2.75, 3.05) is 5.43 Å². The minimum atomic E-state index is -0.982. The lowest BCUT2D eigenvalue weighted by atomic mass is 9.67. The summed E-state index contributed by atoms with van der Waals surface area (Å²) in [7, 11) is 0. The van der Waals surface area contributed by atoms with Crippen LogP contribution in [0.5, 0.6) is 0 Å². The summed E-state index contributed by atoms with van der Waals surface area (Å²) >= 11 is 1.13. The lowest BCUT2D eigenvalue weighted by Crippen LogP contribution is -2.57. The third-order valence-corrected chi connectivity index (χ3v) is 5.48. The van der Waals surface area contributed by atoms with Gasteiger partial charge in [0.1, 0.15) is 11.8 Å². The van der Waals surface area contributed by atoms with Gasteiger partial charge in [-0.2, -0.15) is 19.0 Å². The Morgan fingerprint density at radius 1 is 1.38 bits per heavy atom. The van der Waals surface area contributed by atoms with E-state index in [4.69, 9.17) is 5.26 Å². The van der Waals surface area contributed by atoms with Crippen molar-refractivity contribution >= 4 is 22.9 Å². The highest BCUT2D eigenvalue weighted by Gasteiger charge is 2.45. The molecule has 1 N–H and O–H groups in total. The van der Waals surface area contributed by atoms with E-state index in [-0.39, 0.29) is 27.8 Å². The topological polar surface area (TPSA) is 81.9 Å². The summed E-state index contributed by atoms with van der Waals surface area (Å²) in [4.78, 5) is 20.8. The molecule has 2 aromatic rings. The van der Waals surface area contributed by atoms with Crippen molar-refractivity contribution in [3.63, 3.8) is 0 Å². The van der Waals surface area contributed by atoms with Crippen molar-refractivity contribution in [1.82, 2.24) is 15.0 Å². The summed E-state index contributed by atoms with van der Waals surface area (Å²) in [6, 6.07) is 3.78. The molecule has 9 heteroatoms. The van der Waals surface area contributed by atoms with Crippen LogP contribution < -0.4 is 5.43 Å². The average Bonchev–Trinajstić information content (AvgIpc) is 2.92. The fraction of sp³-hybridized carbons (Fsp3) is 0.412. The molecule has 1 aliphatic rings. The standard InChI is InChI=1S/C17H17F2N5OS/c1-9-15(22-14(8-20)26-9)16(25)24(11-4-5-17(11,2)3)23-10-6-12(18)21-13(19)7-10/h6-7,11H,4-5H2,1-3H3,(H,21,23)/t11-/m1/s1. The van der Waals surface area contributed by atoms with Gasteiger partial charge in [-0.15, -0.1) is 11.3 Å². The highest BCUT2D eigenvalue weighted by molar-refractivity contribution is 7.12. The van der Waals surface area contributed by atoms with Gasteiger partial charge in [-0.1, -0.05) is 13.8 Å². The lowest BCUT2D eigenvalue weighted by molar-refractivity contribution is 0.0144. The van der Waals surface area contributed by atoms with Crippen LogP contribution in [0, 0.1) is 35.6 Å². The van der Waals surface area contributed by atoms with Crippen molar-refractivity contribution in [3.05, 3.63) is 39.6 Å². The summed E-state index contributed by atoms with van der Waals surface area (Å²) in [6.45, 7) is 5.75. The number of carbonyl (C=O) groups excluding carboxylic acids is 1. The molecular weight excluding hydrogens is 360 g/mol. The Kier molecular flexibility index (Phi) is 4.63. The number of carbonyl (C=O) groups is 1. The summed E-state index contributed by atoms with van der Waals surface area (Å²) in [6.07, 6.45) is 1.66. The average molecular weight is 377 g/mol. The number of halogens is 2. The lowest BCUT2D eigenvalue weighted by Gasteiger charge is -2.50. The SMILES string of the molecule is Cc1sc(C#N)nc1C(=O)N(Nc1cc(F)nc(F)c1)[C@@H]1CCC1(C)C. The number of hydrogen-bond donors (Lipinski definition) is 1. The first-order valence-electron chi connectivity index (χ1n) is 8.02. The normalized spacial score (nSPS) is 17.9. The number of aryl methyl sites for hydroxylation is 1. The van der Waals surface area contributed by atoms with Crippen LogP contribution in [0.25, 0.3) is 0 Å². The molecule has 0 spiro atoms. The number of pyridine rings is 1. The second-order valence-corrected chi connectivity index (χ2v) is 8.07. The zero-order chi connectivity index (χ0) is 19.1. The summed E-state index contributed by atoms with van der Waals surface area (Å²) in [5, 5.41) is 10.6. The van der Waals surface area contributed by atoms with E-state index < -0.39 is 17.8 Å². The first-order valence-corrected chi connectivity index (χ1v) is 8.84. The molecule has 1 saturated carbocycles. The van der Waals surface area contributed by atoms with Gasteiger partial charge in [0, 0.05) is 17.0 Å². The Morgan fingerprint density at radius 2 is 2.04 bits per heavy atom. The van der Waals surface area contributed by atoms with E-state index in [1.165, 1.54) is 5.01 Å². The maximum absolute atomic E-state index is 13.4. The van der Waals surface area contributed by atoms with E-state index in [1.54, 1.807) is 6.92 Å². The number of nitrogens with zero attached hydrogens (tertiary/aromatic N) is 4. The third-order valence-electron chi connectivity index (χ3n) is 4.60. The van der Waals surface area contributed by atoms with E-state index in [1.807, 2.05) is 19.9 Å². The first-order chi connectivity index (χ1) is 12.2. The van der Waals surface area contributed by atoms with Crippen LogP contribution in [0.4, 0.5) is 14.5 Å². The molecule has 1 atom stereocenters. The van der Waals surface area contributed by atoms with Gasteiger partial charge >= 0.3 is 0 Å². The number of nitrogens with one attached hydrogen (secondary N) is 1. The van der Waals surface area contributed by atoms with Crippen LogP contribution in [0.1, 0.15) is 47.1 Å². The summed E-state index contributed by atoms with van der Waals surface area (Å²) in [5.74, 6) is -2.40. The molecule has 0 bridgehead atoms. The van der Waals surface area contributed by atoms with Crippen LogP contribution in [-0.4, -0.2) is 26.9 Å². The maximum Gasteiger partial charge on any atom is 0.292 e. The van der Waals surface area contributed by atoms with Crippen LogP contribution in [0.3, 0.4) is 0 Å². The Balaban J connectivity index is 1.97. The molecule has 2 heterocycles. The number of nitriles is 1. The van der Waals surface area contributed by atoms with E-state index in [0.717, 1.165) is 36.3 Å². The van der Waals surface area contributed by atoms with Crippen molar-refractivity contribution in [1.29, 1.82) is 5.26 Å². The first kappa shape index (κ1) is 18.2. The molecule has 0 aliphatic heterocycles. The van der Waals surface area contributed by atoms with E-state index in [0.29, 0.717) is 4.88 Å². The molecule has 0 unspecified atom stereocenters. The summed E-state index contributed by atoms with van der Waals surface area (Å²) < 4.78 is 26.8. The zero-order valence-corrected chi connectivity index (χ0v) is 15.3. The van der Waals surface area contributed by atoms with Gasteiger partial charge in [0.2, 0.25) is 11.9 Å². The fourth-order valence-corrected chi connectivity index (χ4v) is 3.73. The fourth-order valence-electron chi connectivity index (χ4n) is 3.02. The van der Waals surface area contributed by atoms with Gasteiger partial charge in [0.05, 0.1) is 11.7 Å². The number of hydrazine groups is 1. The third kappa shape index (κ3) is 3.37. The molecule has 3 rings (SSSR count). The van der Waals surface area contributed by atoms with Gasteiger partial charge in [-0.3, -0.25) is 10.2 Å². The second kappa shape index (κ2) is 6.61. The predicted octanol–water partition coefficient (Wildman–Crippen LogP) is 3.65. The molecule has 2 aromatic heterocycles. The highest BCUT2D eigenvalue weighted by Crippen LogP contribution is 2.44. The Hall–Kier alpha value is -2.60. The molecular formula is C17H17F2N5OS. The number of hydrogen-bond acceptors (Lipinski definition) is 6. The van der Waals surface area contributed by atoms with E-state index in [2.05, 4.69) is 15.4 Å². The van der Waals surface area contributed by atoms with Crippen molar-refractivity contribution in [2.24, 2.45) is 5.41 Å². The Labute approximate surface area is 153 Å². The maximum atomic E-state index is 13.4. The zero-order valence-electron chi connectivity index (χ0n) is 14.5. The monoisotopic (exact) mass is 377 g/mol. The number of thiazole rings is 1. The highest BCUT2D eigenvalue weighted by atomic mass is 32.1. The minimum Gasteiger partial charge on any atom is -0.295 e. The molecule has 0 saturated heterocycles. The van der Waals surface area contributed by atoms with Crippen molar-refractivity contribution < 1.29 is 13.6 Å². The van der Waals surface area contributed by atoms with E-state index in [9.17, 15) is 13.6 Å². The van der Waals surface area contributed by atoms with Gasteiger partial charge in [-0.05, 0) is 25.2 Å². The van der Waals surface area contributed by atoms with Gasteiger partial charge in [-0.25, -0.2) is 9.99 Å². The van der Waals surface area contributed by atoms with Gasteiger partial charge in [0.15, 0.2) is 5.01 Å². The number of aromatic nitrogens is 2. The van der Waals surface area contributed by atoms with Crippen LogP contribution in [-0.2, 0) is 0 Å². The van der Waals surface area contributed by atoms with Crippen LogP contribution in [0.15, 0.2) is 12.1 Å². The largest absolute Gasteiger partial charge is 0.295 e. The number of anilines is 1. The molecule has 1 amide bonds. The molecule has 1 fully saturated rings. The molecule has 26 heavy (non-hydrogen) atoms. The second-order valence-electron chi connectivity index (χ2n) is 6.87. The molecule has 0 radical (unpaired) electrons. The molecule has 1 aliphatic carbocycles. The Morgan fingerprint density at radius 3 is 2.50 bits per heavy atom. The molecule has 136 valence electrons. The minimum absolute atomic E-state index is 0.0828. The van der Waals surface area contributed by atoms with Gasteiger partial charge < -0.3 is 0 Å². The van der Waals surface area contributed by atoms with Gasteiger partial charge in [0.25, 0.3) is 5.91 Å². The quantitative estimate of drug-likeness (QED) is 0.650. The summed E-state index contributed by atoms with van der Waals surface area (Å²) in [5.41, 5.74) is 2.90. The van der Waals surface area contributed by atoms with Crippen LogP contribution >= 0.6 is 11.3 Å².